The zero-order chi connectivity index (χ0) is 10.7. The molecule has 0 atom stereocenters. The zero-order valence-electron chi connectivity index (χ0n) is 8.64. The van der Waals surface area contributed by atoms with Crippen LogP contribution in [-0.2, 0) is 0 Å². The van der Waals surface area contributed by atoms with Crippen molar-refractivity contribution in [1.29, 1.82) is 0 Å². The molecule has 0 bridgehead atoms. The minimum absolute atomic E-state index is 0.924. The highest BCUT2D eigenvalue weighted by atomic mass is 14.8. The first kappa shape index (κ1) is 9.59. The molecule has 0 spiro atoms. The van der Waals surface area contributed by atoms with Crippen LogP contribution in [0, 0.1) is 6.92 Å². The van der Waals surface area contributed by atoms with Crippen LogP contribution in [0.1, 0.15) is 5.56 Å². The lowest BCUT2D eigenvalue weighted by Crippen LogP contribution is -1.82. The van der Waals surface area contributed by atoms with Crippen molar-refractivity contribution in [3.05, 3.63) is 48.7 Å². The van der Waals surface area contributed by atoms with Gasteiger partial charge in [0.2, 0.25) is 0 Å². The fourth-order valence-electron chi connectivity index (χ4n) is 1.52. The Hall–Kier alpha value is -1.96. The molecule has 1 heterocycles. The Balaban J connectivity index is 2.73. The Labute approximate surface area is 89.0 Å². The predicted molar refractivity (Wildman–Crippen MR) is 64.8 cm³/mol. The third-order valence-corrected chi connectivity index (χ3v) is 2.26. The number of aliphatic imine (C=N–C) groups is 1. The Morgan fingerprint density at radius 1 is 1.33 bits per heavy atom. The maximum absolute atomic E-state index is 4.35. The Morgan fingerprint density at radius 3 is 3.00 bits per heavy atom. The molecule has 2 rings (SSSR count). The van der Waals surface area contributed by atoms with Gasteiger partial charge in [-0.3, -0.25) is 9.98 Å². The average Bonchev–Trinajstić information content (AvgIpc) is 2.28. The molecule has 0 aliphatic heterocycles. The molecule has 0 fully saturated rings. The van der Waals surface area contributed by atoms with Gasteiger partial charge in [0.25, 0.3) is 0 Å². The third kappa shape index (κ3) is 1.79. The van der Waals surface area contributed by atoms with Gasteiger partial charge in [0.1, 0.15) is 0 Å². The first-order valence-electron chi connectivity index (χ1n) is 4.82. The van der Waals surface area contributed by atoms with Gasteiger partial charge in [-0.15, -0.1) is 0 Å². The van der Waals surface area contributed by atoms with Gasteiger partial charge in [-0.2, -0.15) is 0 Å². The normalized spacial score (nSPS) is 11.0. The van der Waals surface area contributed by atoms with Crippen LogP contribution in [0.25, 0.3) is 10.9 Å². The third-order valence-electron chi connectivity index (χ3n) is 2.26. The molecule has 0 saturated heterocycles. The van der Waals surface area contributed by atoms with Crippen molar-refractivity contribution in [2.45, 2.75) is 6.92 Å². The van der Waals surface area contributed by atoms with Crippen molar-refractivity contribution < 1.29 is 0 Å². The second-order valence-corrected chi connectivity index (χ2v) is 3.32. The van der Waals surface area contributed by atoms with Gasteiger partial charge in [-0.05, 0) is 18.6 Å². The maximum Gasteiger partial charge on any atom is 0.0961 e. The Kier molecular flexibility index (Phi) is 2.59. The fourth-order valence-corrected chi connectivity index (χ4v) is 1.52. The lowest BCUT2D eigenvalue weighted by molar-refractivity contribution is 1.36. The first-order chi connectivity index (χ1) is 7.33. The number of aryl methyl sites for hydroxylation is 1. The number of hydrogen-bond acceptors (Lipinski definition) is 2. The summed E-state index contributed by atoms with van der Waals surface area (Å²) in [5.41, 5.74) is 2.99. The molecule has 0 amide bonds. The summed E-state index contributed by atoms with van der Waals surface area (Å²) in [5, 5.41) is 1.11. The van der Waals surface area contributed by atoms with E-state index in [1.54, 1.807) is 18.5 Å². The van der Waals surface area contributed by atoms with E-state index in [1.807, 2.05) is 19.1 Å². The molecule has 2 aromatic rings. The zero-order valence-corrected chi connectivity index (χ0v) is 8.64. The topological polar surface area (TPSA) is 25.2 Å². The summed E-state index contributed by atoms with van der Waals surface area (Å²) in [6, 6.07) is 8.08. The molecule has 0 aliphatic rings. The molecular formula is C13H12N2. The van der Waals surface area contributed by atoms with Gasteiger partial charge < -0.3 is 0 Å². The second kappa shape index (κ2) is 4.05. The van der Waals surface area contributed by atoms with Crippen LogP contribution in [0.3, 0.4) is 0 Å². The summed E-state index contributed by atoms with van der Waals surface area (Å²) < 4.78 is 0. The quantitative estimate of drug-likeness (QED) is 0.675. The second-order valence-electron chi connectivity index (χ2n) is 3.32. The van der Waals surface area contributed by atoms with Crippen LogP contribution < -0.4 is 0 Å². The molecule has 2 nitrogen and oxygen atoms in total. The van der Waals surface area contributed by atoms with Crippen LogP contribution in [0.15, 0.2) is 48.1 Å². The van der Waals surface area contributed by atoms with Crippen LogP contribution in [0.4, 0.5) is 5.69 Å². The van der Waals surface area contributed by atoms with E-state index in [2.05, 4.69) is 28.7 Å². The molecule has 15 heavy (non-hydrogen) atoms. The summed E-state index contributed by atoms with van der Waals surface area (Å²) in [4.78, 5) is 8.69. The molecule has 1 aromatic carbocycles. The maximum atomic E-state index is 4.35. The van der Waals surface area contributed by atoms with Gasteiger partial charge in [-0.25, -0.2) is 0 Å². The average molecular weight is 196 g/mol. The van der Waals surface area contributed by atoms with Crippen LogP contribution in [-0.4, -0.2) is 11.2 Å². The molecule has 1 aromatic heterocycles. The predicted octanol–water partition coefficient (Wildman–Crippen LogP) is 3.43. The number of pyridine rings is 1. The van der Waals surface area contributed by atoms with Crippen molar-refractivity contribution in [2.24, 2.45) is 4.99 Å². The number of aromatic nitrogens is 1. The van der Waals surface area contributed by atoms with E-state index in [-0.39, 0.29) is 0 Å². The lowest BCUT2D eigenvalue weighted by Gasteiger charge is -2.03. The van der Waals surface area contributed by atoms with Crippen LogP contribution in [0.2, 0.25) is 0 Å². The Bertz CT molecular complexity index is 527. The van der Waals surface area contributed by atoms with E-state index in [1.165, 1.54) is 0 Å². The molecular weight excluding hydrogens is 184 g/mol. The van der Waals surface area contributed by atoms with Crippen molar-refractivity contribution in [3.63, 3.8) is 0 Å². The minimum atomic E-state index is 0.924. The van der Waals surface area contributed by atoms with Crippen molar-refractivity contribution >= 4 is 22.8 Å². The first-order valence-corrected chi connectivity index (χ1v) is 4.82. The largest absolute Gasteiger partial charge is 0.254 e. The number of benzene rings is 1. The monoisotopic (exact) mass is 196 g/mol. The highest BCUT2D eigenvalue weighted by Gasteiger charge is 2.02. The van der Waals surface area contributed by atoms with Gasteiger partial charge in [0.05, 0.1) is 11.2 Å². The Morgan fingerprint density at radius 2 is 2.20 bits per heavy atom. The van der Waals surface area contributed by atoms with Crippen molar-refractivity contribution in [1.82, 2.24) is 4.98 Å². The van der Waals surface area contributed by atoms with Gasteiger partial charge in [0.15, 0.2) is 0 Å². The number of rotatable bonds is 2. The number of fused-ring (bicyclic) bond motifs is 1. The highest BCUT2D eigenvalue weighted by molar-refractivity contribution is 5.92. The van der Waals surface area contributed by atoms with E-state index < -0.39 is 0 Å². The van der Waals surface area contributed by atoms with E-state index in [0.29, 0.717) is 0 Å². The molecule has 0 N–H and O–H groups in total. The number of allylic oxidation sites excluding steroid dienone is 1. The van der Waals surface area contributed by atoms with Gasteiger partial charge in [0, 0.05) is 17.8 Å². The molecule has 0 radical (unpaired) electrons. The van der Waals surface area contributed by atoms with Crippen molar-refractivity contribution in [3.8, 4) is 0 Å². The SMILES string of the molecule is C=CC=Nc1c(C)ccc2cccnc12. The number of hydrogen-bond donors (Lipinski definition) is 0. The smallest absolute Gasteiger partial charge is 0.0961 e. The number of nitrogens with zero attached hydrogens (tertiary/aromatic N) is 2. The van der Waals surface area contributed by atoms with Gasteiger partial charge >= 0.3 is 0 Å². The molecule has 2 heteroatoms. The fraction of sp³-hybridized carbons (Fsp3) is 0.0769. The van der Waals surface area contributed by atoms with Crippen LogP contribution >= 0.6 is 0 Å². The van der Waals surface area contributed by atoms with Gasteiger partial charge in [-0.1, -0.05) is 30.9 Å². The lowest BCUT2D eigenvalue weighted by atomic mass is 10.1. The summed E-state index contributed by atoms with van der Waals surface area (Å²) in [6.07, 6.45) is 5.15. The summed E-state index contributed by atoms with van der Waals surface area (Å²) in [6.45, 7) is 5.65. The van der Waals surface area contributed by atoms with E-state index in [4.69, 9.17) is 0 Å². The molecule has 0 unspecified atom stereocenters. The summed E-state index contributed by atoms with van der Waals surface area (Å²) >= 11 is 0. The molecule has 74 valence electrons. The summed E-state index contributed by atoms with van der Waals surface area (Å²) in [7, 11) is 0. The minimum Gasteiger partial charge on any atom is -0.254 e. The molecule has 0 saturated carbocycles. The standard InChI is InChI=1S/C13H12N2/c1-3-8-14-12-10(2)6-7-11-5-4-9-15-13(11)12/h3-9H,1H2,2H3. The van der Waals surface area contributed by atoms with E-state index >= 15 is 0 Å². The van der Waals surface area contributed by atoms with Crippen LogP contribution in [0.5, 0.6) is 0 Å². The molecule has 0 aliphatic carbocycles. The van der Waals surface area contributed by atoms with E-state index in [9.17, 15) is 0 Å². The van der Waals surface area contributed by atoms with Crippen molar-refractivity contribution in [2.75, 3.05) is 0 Å². The summed E-state index contributed by atoms with van der Waals surface area (Å²) in [5.74, 6) is 0. The highest BCUT2D eigenvalue weighted by Crippen LogP contribution is 2.27. The van der Waals surface area contributed by atoms with E-state index in [0.717, 1.165) is 22.2 Å².